The van der Waals surface area contributed by atoms with E-state index in [2.05, 4.69) is 12.2 Å². The molecule has 0 radical (unpaired) electrons. The first-order valence-corrected chi connectivity index (χ1v) is 8.77. The number of carbonyl (C=O) groups is 1. The van der Waals surface area contributed by atoms with Crippen molar-refractivity contribution in [1.29, 1.82) is 0 Å². The predicted octanol–water partition coefficient (Wildman–Crippen LogP) is 2.55. The third kappa shape index (κ3) is 3.20. The van der Waals surface area contributed by atoms with Gasteiger partial charge in [-0.1, -0.05) is 6.42 Å². The van der Waals surface area contributed by atoms with Crippen molar-refractivity contribution in [2.45, 2.75) is 57.5 Å². The monoisotopic (exact) mass is 293 g/mol. The van der Waals surface area contributed by atoms with Gasteiger partial charge in [-0.05, 0) is 56.8 Å². The van der Waals surface area contributed by atoms with Crippen LogP contribution in [0.1, 0.15) is 45.4 Å². The number of hydrogen-bond acceptors (Lipinski definition) is 2. The summed E-state index contributed by atoms with van der Waals surface area (Å²) in [4.78, 5) is 15.6. The van der Waals surface area contributed by atoms with Gasteiger partial charge in [-0.3, -0.25) is 0 Å². The molecule has 0 aromatic carbocycles. The van der Waals surface area contributed by atoms with Gasteiger partial charge in [0.25, 0.3) is 0 Å². The first-order valence-electron chi connectivity index (χ1n) is 8.77. The Morgan fingerprint density at radius 3 is 2.38 bits per heavy atom. The molecule has 4 unspecified atom stereocenters. The van der Waals surface area contributed by atoms with Gasteiger partial charge in [-0.15, -0.1) is 0 Å². The van der Waals surface area contributed by atoms with Gasteiger partial charge in [0.2, 0.25) is 0 Å². The fraction of sp³-hybridized carbons (Fsp3) is 0.941. The van der Waals surface area contributed by atoms with E-state index in [1.807, 2.05) is 19.0 Å². The summed E-state index contributed by atoms with van der Waals surface area (Å²) < 4.78 is 0. The molecule has 1 N–H and O–H groups in total. The van der Waals surface area contributed by atoms with E-state index in [9.17, 15) is 4.79 Å². The van der Waals surface area contributed by atoms with Crippen molar-refractivity contribution in [1.82, 2.24) is 15.1 Å². The number of nitrogens with one attached hydrogen (secondary N) is 1. The van der Waals surface area contributed by atoms with Crippen LogP contribution in [0.5, 0.6) is 0 Å². The lowest BCUT2D eigenvalue weighted by atomic mass is 9.83. The Morgan fingerprint density at radius 1 is 1.14 bits per heavy atom. The van der Waals surface area contributed by atoms with Crippen LogP contribution < -0.4 is 5.32 Å². The second-order valence-electron chi connectivity index (χ2n) is 7.73. The first-order chi connectivity index (χ1) is 10.0. The van der Waals surface area contributed by atoms with Gasteiger partial charge in [0.15, 0.2) is 0 Å². The minimum absolute atomic E-state index is 0.162. The zero-order valence-electron chi connectivity index (χ0n) is 13.8. The van der Waals surface area contributed by atoms with Crippen LogP contribution in [0.4, 0.5) is 4.79 Å². The van der Waals surface area contributed by atoms with Crippen molar-refractivity contribution >= 4 is 6.03 Å². The molecule has 4 heteroatoms. The average Bonchev–Trinajstić information content (AvgIpc) is 3.10. The Kier molecular flexibility index (Phi) is 4.43. The number of nitrogens with zero attached hydrogens (tertiary/aromatic N) is 2. The van der Waals surface area contributed by atoms with Crippen LogP contribution in [-0.2, 0) is 0 Å². The number of amides is 2. The Bertz CT molecular complexity index is 376. The molecule has 1 saturated heterocycles. The standard InChI is InChI=1S/C17H31N3O/c1-12(16-11-13-4-5-14(16)10-13)18-15-6-8-20(9-7-15)17(21)19(2)3/h12-16,18H,4-11H2,1-3H3. The van der Waals surface area contributed by atoms with E-state index in [1.165, 1.54) is 25.7 Å². The maximum atomic E-state index is 12.0. The van der Waals surface area contributed by atoms with Gasteiger partial charge in [-0.25, -0.2) is 4.79 Å². The van der Waals surface area contributed by atoms with Crippen LogP contribution >= 0.6 is 0 Å². The lowest BCUT2D eigenvalue weighted by Crippen LogP contribution is -2.51. The normalized spacial score (nSPS) is 34.2. The van der Waals surface area contributed by atoms with Crippen LogP contribution in [0.25, 0.3) is 0 Å². The van der Waals surface area contributed by atoms with Gasteiger partial charge in [-0.2, -0.15) is 0 Å². The zero-order chi connectivity index (χ0) is 15.0. The number of fused-ring (bicyclic) bond motifs is 2. The van der Waals surface area contributed by atoms with E-state index in [-0.39, 0.29) is 6.03 Å². The van der Waals surface area contributed by atoms with Gasteiger partial charge >= 0.3 is 6.03 Å². The Labute approximate surface area is 129 Å². The van der Waals surface area contributed by atoms with Crippen LogP contribution in [0.15, 0.2) is 0 Å². The van der Waals surface area contributed by atoms with Crippen molar-refractivity contribution in [3.8, 4) is 0 Å². The second-order valence-corrected chi connectivity index (χ2v) is 7.73. The molecule has 1 heterocycles. The third-order valence-corrected chi connectivity index (χ3v) is 6.08. The molecule has 2 saturated carbocycles. The molecule has 2 amide bonds. The van der Waals surface area contributed by atoms with Crippen molar-refractivity contribution < 1.29 is 4.79 Å². The maximum absolute atomic E-state index is 12.0. The predicted molar refractivity (Wildman–Crippen MR) is 85.2 cm³/mol. The number of likely N-dealkylation sites (tertiary alicyclic amines) is 1. The smallest absolute Gasteiger partial charge is 0.319 e. The zero-order valence-corrected chi connectivity index (χ0v) is 13.8. The van der Waals surface area contributed by atoms with E-state index < -0.39 is 0 Å². The second kappa shape index (κ2) is 6.15. The number of hydrogen-bond donors (Lipinski definition) is 1. The fourth-order valence-corrected chi connectivity index (χ4v) is 4.92. The Hall–Kier alpha value is -0.770. The molecule has 120 valence electrons. The summed E-state index contributed by atoms with van der Waals surface area (Å²) in [5.74, 6) is 2.93. The molecule has 21 heavy (non-hydrogen) atoms. The summed E-state index contributed by atoms with van der Waals surface area (Å²) in [5.41, 5.74) is 0. The number of carbonyl (C=O) groups excluding carboxylic acids is 1. The Balaban J connectivity index is 1.44. The SMILES string of the molecule is CC(NC1CCN(C(=O)N(C)C)CC1)C1CC2CCC1C2. The van der Waals surface area contributed by atoms with Gasteiger partial charge in [0, 0.05) is 39.3 Å². The molecule has 0 aromatic heterocycles. The fourth-order valence-electron chi connectivity index (χ4n) is 4.92. The molecular weight excluding hydrogens is 262 g/mol. The van der Waals surface area contributed by atoms with Crippen LogP contribution in [0.2, 0.25) is 0 Å². The van der Waals surface area contributed by atoms with Crippen molar-refractivity contribution in [2.75, 3.05) is 27.2 Å². The highest BCUT2D eigenvalue weighted by Gasteiger charge is 2.42. The first kappa shape index (κ1) is 15.1. The highest BCUT2D eigenvalue weighted by molar-refractivity contribution is 5.73. The molecule has 3 fully saturated rings. The molecule has 2 bridgehead atoms. The van der Waals surface area contributed by atoms with Crippen LogP contribution in [0.3, 0.4) is 0 Å². The van der Waals surface area contributed by atoms with Gasteiger partial charge in [0.1, 0.15) is 0 Å². The summed E-state index contributed by atoms with van der Waals surface area (Å²) >= 11 is 0. The summed E-state index contributed by atoms with van der Waals surface area (Å²) in [6.45, 7) is 4.19. The molecule has 4 atom stereocenters. The largest absolute Gasteiger partial charge is 0.331 e. The van der Waals surface area contributed by atoms with E-state index in [4.69, 9.17) is 0 Å². The van der Waals surface area contributed by atoms with E-state index in [0.717, 1.165) is 43.7 Å². The molecule has 3 aliphatic rings. The molecule has 0 spiro atoms. The minimum Gasteiger partial charge on any atom is -0.331 e. The van der Waals surface area contributed by atoms with Crippen LogP contribution in [-0.4, -0.2) is 55.1 Å². The summed E-state index contributed by atoms with van der Waals surface area (Å²) in [6.07, 6.45) is 8.11. The third-order valence-electron chi connectivity index (χ3n) is 6.08. The number of urea groups is 1. The Morgan fingerprint density at radius 2 is 1.86 bits per heavy atom. The lowest BCUT2D eigenvalue weighted by Gasteiger charge is -2.37. The van der Waals surface area contributed by atoms with Gasteiger partial charge in [0.05, 0.1) is 0 Å². The summed E-state index contributed by atoms with van der Waals surface area (Å²) in [5, 5.41) is 3.88. The number of piperidine rings is 1. The highest BCUT2D eigenvalue weighted by atomic mass is 16.2. The molecule has 0 aromatic rings. The minimum atomic E-state index is 0.162. The molecule has 4 nitrogen and oxygen atoms in total. The molecule has 3 rings (SSSR count). The number of rotatable bonds is 3. The van der Waals surface area contributed by atoms with Crippen LogP contribution in [0, 0.1) is 17.8 Å². The highest BCUT2D eigenvalue weighted by Crippen LogP contribution is 2.49. The van der Waals surface area contributed by atoms with Crippen molar-refractivity contribution in [3.05, 3.63) is 0 Å². The lowest BCUT2D eigenvalue weighted by molar-refractivity contribution is 0.146. The maximum Gasteiger partial charge on any atom is 0.319 e. The van der Waals surface area contributed by atoms with Gasteiger partial charge < -0.3 is 15.1 Å². The summed E-state index contributed by atoms with van der Waals surface area (Å²) in [6, 6.07) is 1.42. The van der Waals surface area contributed by atoms with E-state index in [1.54, 1.807) is 4.90 Å². The van der Waals surface area contributed by atoms with Crippen molar-refractivity contribution in [2.24, 2.45) is 17.8 Å². The molecule has 2 aliphatic carbocycles. The average molecular weight is 293 g/mol. The summed E-state index contributed by atoms with van der Waals surface area (Å²) in [7, 11) is 3.67. The van der Waals surface area contributed by atoms with Crippen molar-refractivity contribution in [3.63, 3.8) is 0 Å². The molecular formula is C17H31N3O. The quantitative estimate of drug-likeness (QED) is 0.868. The topological polar surface area (TPSA) is 35.6 Å². The van der Waals surface area contributed by atoms with E-state index in [0.29, 0.717) is 12.1 Å². The van der Waals surface area contributed by atoms with E-state index >= 15 is 0 Å². The molecule has 1 aliphatic heterocycles.